The lowest BCUT2D eigenvalue weighted by Gasteiger charge is -2.33. The number of aromatic nitrogens is 4. The van der Waals surface area contributed by atoms with Crippen LogP contribution in [-0.2, 0) is 4.79 Å². The maximum absolute atomic E-state index is 12.6. The van der Waals surface area contributed by atoms with Gasteiger partial charge in [-0.15, -0.1) is 0 Å². The van der Waals surface area contributed by atoms with Crippen LogP contribution in [0.1, 0.15) is 103 Å². The molecule has 9 heteroatoms. The molecule has 0 aromatic carbocycles. The number of unbranched alkanes of at least 4 members (excludes halogenated alkanes) is 2. The van der Waals surface area contributed by atoms with E-state index in [1.54, 1.807) is 0 Å². The number of hydrogen-bond donors (Lipinski definition) is 3. The van der Waals surface area contributed by atoms with Gasteiger partial charge in [-0.05, 0) is 57.8 Å². The minimum absolute atomic E-state index is 0.278. The van der Waals surface area contributed by atoms with Gasteiger partial charge < -0.3 is 25.8 Å². The van der Waals surface area contributed by atoms with Gasteiger partial charge in [0.25, 0.3) is 0 Å². The zero-order valence-corrected chi connectivity index (χ0v) is 21.9. The van der Waals surface area contributed by atoms with E-state index in [4.69, 9.17) is 20.7 Å². The molecule has 4 N–H and O–H groups in total. The number of nitrogens with two attached hydrogens (primary N) is 1. The summed E-state index contributed by atoms with van der Waals surface area (Å²) >= 11 is 0. The van der Waals surface area contributed by atoms with E-state index in [-0.39, 0.29) is 6.04 Å². The van der Waals surface area contributed by atoms with Gasteiger partial charge in [-0.3, -0.25) is 4.79 Å². The van der Waals surface area contributed by atoms with Crippen LogP contribution in [0.25, 0.3) is 11.2 Å². The Morgan fingerprint density at radius 2 is 1.69 bits per heavy atom. The number of piperidine rings is 1. The van der Waals surface area contributed by atoms with Crippen molar-refractivity contribution >= 4 is 28.8 Å². The van der Waals surface area contributed by atoms with E-state index in [9.17, 15) is 4.79 Å². The fourth-order valence-electron chi connectivity index (χ4n) is 6.13. The summed E-state index contributed by atoms with van der Waals surface area (Å²) in [5.41, 5.74) is 7.91. The fraction of sp³-hybridized carbons (Fsp3) is 0.778. The Morgan fingerprint density at radius 1 is 0.972 bits per heavy atom. The third kappa shape index (κ3) is 5.93. The van der Waals surface area contributed by atoms with Crippen molar-refractivity contribution in [3.8, 4) is 0 Å². The van der Waals surface area contributed by atoms with Gasteiger partial charge in [0, 0.05) is 43.7 Å². The highest BCUT2D eigenvalue weighted by Crippen LogP contribution is 2.34. The largest absolute Gasteiger partial charge is 0.365 e. The SMILES string of the molecule is CCCCCC(=O)N1CCC(Nc2nc(N[C@H]3CC[C@H](N)CC3)nc3c2ncn3C2CCCC2)CC1. The van der Waals surface area contributed by atoms with Crippen molar-refractivity contribution in [2.45, 2.75) is 121 Å². The quantitative estimate of drug-likeness (QED) is 0.435. The number of likely N-dealkylation sites (tertiary alicyclic amines) is 1. The lowest BCUT2D eigenvalue weighted by atomic mass is 9.92. The van der Waals surface area contributed by atoms with Crippen LogP contribution in [0.5, 0.6) is 0 Å². The number of rotatable bonds is 9. The highest BCUT2D eigenvalue weighted by Gasteiger charge is 2.27. The Morgan fingerprint density at radius 3 is 2.42 bits per heavy atom. The molecule has 2 aliphatic carbocycles. The maximum Gasteiger partial charge on any atom is 0.227 e. The molecule has 36 heavy (non-hydrogen) atoms. The average Bonchev–Trinajstić information content (AvgIpc) is 3.56. The van der Waals surface area contributed by atoms with Crippen LogP contribution in [0.15, 0.2) is 6.33 Å². The molecule has 0 spiro atoms. The smallest absolute Gasteiger partial charge is 0.227 e. The average molecular weight is 497 g/mol. The van der Waals surface area contributed by atoms with Crippen LogP contribution in [0, 0.1) is 0 Å². The third-order valence-corrected chi connectivity index (χ3v) is 8.43. The molecule has 0 radical (unpaired) electrons. The van der Waals surface area contributed by atoms with Crippen molar-refractivity contribution < 1.29 is 4.79 Å². The third-order valence-electron chi connectivity index (χ3n) is 8.43. The van der Waals surface area contributed by atoms with E-state index in [0.717, 1.165) is 87.9 Å². The van der Waals surface area contributed by atoms with Crippen molar-refractivity contribution in [3.05, 3.63) is 6.33 Å². The topological polar surface area (TPSA) is 114 Å². The number of imidazole rings is 1. The number of nitrogens with one attached hydrogen (secondary N) is 2. The highest BCUT2D eigenvalue weighted by molar-refractivity contribution is 5.84. The summed E-state index contributed by atoms with van der Waals surface area (Å²) in [6.07, 6.45) is 16.9. The zero-order valence-electron chi connectivity index (χ0n) is 21.9. The van der Waals surface area contributed by atoms with Crippen LogP contribution in [0.3, 0.4) is 0 Å². The molecular formula is C27H44N8O. The first-order chi connectivity index (χ1) is 17.6. The van der Waals surface area contributed by atoms with Gasteiger partial charge >= 0.3 is 0 Å². The van der Waals surface area contributed by atoms with Crippen molar-refractivity contribution in [1.82, 2.24) is 24.4 Å². The van der Waals surface area contributed by atoms with Crippen LogP contribution >= 0.6 is 0 Å². The van der Waals surface area contributed by atoms with Crippen LogP contribution in [0.2, 0.25) is 0 Å². The predicted molar refractivity (Wildman–Crippen MR) is 144 cm³/mol. The van der Waals surface area contributed by atoms with Gasteiger partial charge in [0.1, 0.15) is 0 Å². The molecule has 3 aliphatic rings. The summed E-state index contributed by atoms with van der Waals surface area (Å²) in [7, 11) is 0. The van der Waals surface area contributed by atoms with Gasteiger partial charge in [0.05, 0.1) is 6.33 Å². The number of carbonyl (C=O) groups is 1. The van der Waals surface area contributed by atoms with Gasteiger partial charge in [-0.2, -0.15) is 9.97 Å². The Balaban J connectivity index is 1.30. The summed E-state index contributed by atoms with van der Waals surface area (Å²) < 4.78 is 2.27. The Labute approximate surface area is 215 Å². The second kappa shape index (κ2) is 11.8. The lowest BCUT2D eigenvalue weighted by Crippen LogP contribution is -2.42. The molecule has 198 valence electrons. The number of nitrogens with zero attached hydrogens (tertiary/aromatic N) is 5. The number of carbonyl (C=O) groups excluding carboxylic acids is 1. The van der Waals surface area contributed by atoms with Crippen LogP contribution in [0.4, 0.5) is 11.8 Å². The molecule has 0 atom stereocenters. The molecule has 5 rings (SSSR count). The Kier molecular flexibility index (Phi) is 8.24. The second-order valence-corrected chi connectivity index (χ2v) is 11.2. The highest BCUT2D eigenvalue weighted by atomic mass is 16.2. The Bertz CT molecular complexity index is 1000. The Hall–Kier alpha value is -2.42. The predicted octanol–water partition coefficient (Wildman–Crippen LogP) is 4.61. The summed E-state index contributed by atoms with van der Waals surface area (Å²) in [4.78, 5) is 29.3. The fourth-order valence-corrected chi connectivity index (χ4v) is 6.13. The molecule has 2 aromatic rings. The summed E-state index contributed by atoms with van der Waals surface area (Å²) in [6, 6.07) is 1.43. The molecule has 9 nitrogen and oxygen atoms in total. The molecule has 1 saturated heterocycles. The van der Waals surface area contributed by atoms with Crippen molar-refractivity contribution in [1.29, 1.82) is 0 Å². The van der Waals surface area contributed by atoms with Gasteiger partial charge in [-0.1, -0.05) is 32.6 Å². The summed E-state index contributed by atoms with van der Waals surface area (Å²) in [6.45, 7) is 3.79. The summed E-state index contributed by atoms with van der Waals surface area (Å²) in [5.74, 6) is 1.81. The minimum atomic E-state index is 0.278. The van der Waals surface area contributed by atoms with Crippen molar-refractivity contribution in [3.63, 3.8) is 0 Å². The molecule has 1 amide bonds. The minimum Gasteiger partial charge on any atom is -0.365 e. The number of anilines is 2. The summed E-state index contributed by atoms with van der Waals surface area (Å²) in [5, 5.41) is 7.31. The van der Waals surface area contributed by atoms with E-state index >= 15 is 0 Å². The van der Waals surface area contributed by atoms with Crippen LogP contribution < -0.4 is 16.4 Å². The van der Waals surface area contributed by atoms with Crippen molar-refractivity contribution in [2.75, 3.05) is 23.7 Å². The second-order valence-electron chi connectivity index (χ2n) is 11.2. The van der Waals surface area contributed by atoms with E-state index in [2.05, 4.69) is 22.1 Å². The first-order valence-electron chi connectivity index (χ1n) is 14.4. The van der Waals surface area contributed by atoms with E-state index in [1.807, 2.05) is 11.2 Å². The molecule has 2 aromatic heterocycles. The van der Waals surface area contributed by atoms with E-state index in [1.165, 1.54) is 25.7 Å². The molecule has 3 fully saturated rings. The van der Waals surface area contributed by atoms with Gasteiger partial charge in [0.15, 0.2) is 17.0 Å². The lowest BCUT2D eigenvalue weighted by molar-refractivity contribution is -0.132. The maximum atomic E-state index is 12.6. The first-order valence-corrected chi connectivity index (χ1v) is 14.4. The van der Waals surface area contributed by atoms with Crippen molar-refractivity contribution in [2.24, 2.45) is 5.73 Å². The molecule has 2 saturated carbocycles. The van der Waals surface area contributed by atoms with E-state index < -0.39 is 0 Å². The molecule has 1 aliphatic heterocycles. The molecule has 3 heterocycles. The van der Waals surface area contributed by atoms with Gasteiger partial charge in [0.2, 0.25) is 11.9 Å². The molecular weight excluding hydrogens is 452 g/mol. The standard InChI is InChI=1S/C27H44N8O/c1-2-3-4-9-23(36)34-16-14-21(15-17-34)30-25-24-26(35(18-29-24)22-7-5-6-8-22)33-27(32-25)31-20-12-10-19(28)11-13-20/h18-22H,2-17,28H2,1H3,(H2,30,31,32,33)/t19-,20-. The number of amides is 1. The first kappa shape index (κ1) is 25.2. The van der Waals surface area contributed by atoms with Crippen LogP contribution in [-0.4, -0.2) is 61.5 Å². The van der Waals surface area contributed by atoms with E-state index in [0.29, 0.717) is 36.4 Å². The zero-order chi connectivity index (χ0) is 24.9. The number of fused-ring (bicyclic) bond motifs is 1. The molecule has 0 bridgehead atoms. The monoisotopic (exact) mass is 496 g/mol. The molecule has 0 unspecified atom stereocenters. The van der Waals surface area contributed by atoms with Gasteiger partial charge in [-0.25, -0.2) is 4.98 Å². The normalized spacial score (nSPS) is 23.9. The number of hydrogen-bond acceptors (Lipinski definition) is 7.